The van der Waals surface area contributed by atoms with Crippen molar-refractivity contribution in [1.29, 1.82) is 0 Å². The fourth-order valence-electron chi connectivity index (χ4n) is 5.87. The molecule has 0 bridgehead atoms. The maximum atomic E-state index is 14.1. The number of nitrogens with zero attached hydrogens (tertiary/aromatic N) is 2. The molecular formula is C27H22FN3O3. The fourth-order valence-corrected chi connectivity index (χ4v) is 5.87. The van der Waals surface area contributed by atoms with Crippen molar-refractivity contribution in [3.8, 4) is 0 Å². The molecule has 3 aromatic rings. The van der Waals surface area contributed by atoms with E-state index < -0.39 is 17.4 Å². The average Bonchev–Trinajstić information content (AvgIpc) is 3.39. The molecule has 0 aliphatic carbocycles. The molecule has 0 unspecified atom stereocenters. The summed E-state index contributed by atoms with van der Waals surface area (Å²) < 4.78 is 13.4. The van der Waals surface area contributed by atoms with Crippen LogP contribution in [0.3, 0.4) is 0 Å². The minimum atomic E-state index is -1.34. The summed E-state index contributed by atoms with van der Waals surface area (Å²) in [5.41, 5.74) is 1.32. The Morgan fingerprint density at radius 2 is 1.56 bits per heavy atom. The number of para-hydroxylation sites is 2. The van der Waals surface area contributed by atoms with Gasteiger partial charge in [0.2, 0.25) is 11.8 Å². The largest absolute Gasteiger partial charge is 0.306 e. The van der Waals surface area contributed by atoms with E-state index in [1.807, 2.05) is 37.3 Å². The number of rotatable bonds is 3. The molecule has 3 heterocycles. The van der Waals surface area contributed by atoms with Crippen LogP contribution in [-0.2, 0) is 26.5 Å². The van der Waals surface area contributed by atoms with Crippen molar-refractivity contribution >= 4 is 29.1 Å². The van der Waals surface area contributed by atoms with Crippen LogP contribution < -0.4 is 15.1 Å². The first-order valence-electron chi connectivity index (χ1n) is 11.3. The van der Waals surface area contributed by atoms with Gasteiger partial charge in [0.15, 0.2) is 0 Å². The number of carbonyl (C=O) groups excluding carboxylic acids is 3. The number of amides is 3. The topological polar surface area (TPSA) is 69.7 Å². The predicted octanol–water partition coefficient (Wildman–Crippen LogP) is 3.37. The van der Waals surface area contributed by atoms with Gasteiger partial charge in [-0.1, -0.05) is 48.5 Å². The molecule has 1 spiro atoms. The second-order valence-electron chi connectivity index (χ2n) is 9.13. The highest BCUT2D eigenvalue weighted by Crippen LogP contribution is 2.55. The van der Waals surface area contributed by atoms with Gasteiger partial charge in [-0.05, 0) is 42.8 Å². The van der Waals surface area contributed by atoms with Crippen molar-refractivity contribution < 1.29 is 18.8 Å². The van der Waals surface area contributed by atoms with Crippen molar-refractivity contribution in [3.05, 3.63) is 95.8 Å². The molecule has 0 aromatic heterocycles. The second kappa shape index (κ2) is 7.33. The Kier molecular flexibility index (Phi) is 4.47. The zero-order chi connectivity index (χ0) is 23.6. The lowest BCUT2D eigenvalue weighted by Crippen LogP contribution is -2.54. The van der Waals surface area contributed by atoms with Gasteiger partial charge >= 0.3 is 0 Å². The van der Waals surface area contributed by atoms with Gasteiger partial charge in [-0.25, -0.2) is 9.29 Å². The number of anilines is 2. The van der Waals surface area contributed by atoms with E-state index in [2.05, 4.69) is 5.32 Å². The number of imide groups is 1. The molecule has 3 aliphatic rings. The van der Waals surface area contributed by atoms with Crippen LogP contribution in [0.4, 0.5) is 15.8 Å². The highest BCUT2D eigenvalue weighted by atomic mass is 19.1. The van der Waals surface area contributed by atoms with Gasteiger partial charge in [0.05, 0.1) is 24.1 Å². The summed E-state index contributed by atoms with van der Waals surface area (Å²) in [4.78, 5) is 44.3. The van der Waals surface area contributed by atoms with Gasteiger partial charge in [-0.3, -0.25) is 19.7 Å². The molecule has 3 aromatic carbocycles. The van der Waals surface area contributed by atoms with E-state index in [0.717, 1.165) is 5.56 Å². The second-order valence-corrected chi connectivity index (χ2v) is 9.13. The Morgan fingerprint density at radius 3 is 2.29 bits per heavy atom. The van der Waals surface area contributed by atoms with E-state index in [-0.39, 0.29) is 36.1 Å². The zero-order valence-electron chi connectivity index (χ0n) is 18.4. The van der Waals surface area contributed by atoms with Crippen LogP contribution in [0.1, 0.15) is 18.1 Å². The van der Waals surface area contributed by atoms with Crippen molar-refractivity contribution in [1.82, 2.24) is 5.32 Å². The lowest BCUT2D eigenvalue weighted by molar-refractivity contribution is -0.132. The Morgan fingerprint density at radius 1 is 0.882 bits per heavy atom. The number of halogens is 1. The summed E-state index contributed by atoms with van der Waals surface area (Å²) in [6.45, 7) is 2.08. The molecule has 6 nitrogen and oxygen atoms in total. The molecule has 2 saturated heterocycles. The Balaban J connectivity index is 1.46. The molecule has 3 amide bonds. The summed E-state index contributed by atoms with van der Waals surface area (Å²) in [7, 11) is 0. The smallest absolute Gasteiger partial charge is 0.253 e. The van der Waals surface area contributed by atoms with E-state index in [1.165, 1.54) is 17.0 Å². The van der Waals surface area contributed by atoms with E-state index >= 15 is 0 Å². The number of hydrogen-bond donors (Lipinski definition) is 1. The minimum Gasteiger partial charge on any atom is -0.306 e. The SMILES string of the molecule is C[C@H]1N[C@]2(C(=O)N(Cc3ccc(F)cc3)c3ccccc32)[C@@H]2C(=O)N(c3ccccc3)C(=O)[C@H]21. The van der Waals surface area contributed by atoms with Crippen molar-refractivity contribution in [2.24, 2.45) is 11.8 Å². The number of fused-ring (bicyclic) bond motifs is 4. The minimum absolute atomic E-state index is 0.232. The first-order valence-corrected chi connectivity index (χ1v) is 11.3. The summed E-state index contributed by atoms with van der Waals surface area (Å²) in [5, 5.41) is 3.38. The molecule has 3 aliphatic heterocycles. The normalized spacial score (nSPS) is 27.6. The lowest BCUT2D eigenvalue weighted by atomic mass is 9.76. The summed E-state index contributed by atoms with van der Waals surface area (Å²) in [6, 6.07) is 21.9. The van der Waals surface area contributed by atoms with E-state index in [1.54, 1.807) is 41.3 Å². The third-order valence-corrected chi connectivity index (χ3v) is 7.28. The van der Waals surface area contributed by atoms with Crippen LogP contribution in [0.5, 0.6) is 0 Å². The van der Waals surface area contributed by atoms with Crippen LogP contribution in [0.25, 0.3) is 0 Å². The lowest BCUT2D eigenvalue weighted by Gasteiger charge is -2.30. The molecule has 0 radical (unpaired) electrons. The molecule has 2 fully saturated rings. The molecule has 7 heteroatoms. The van der Waals surface area contributed by atoms with Crippen LogP contribution in [0.2, 0.25) is 0 Å². The van der Waals surface area contributed by atoms with Crippen molar-refractivity contribution in [3.63, 3.8) is 0 Å². The number of nitrogens with one attached hydrogen (secondary N) is 1. The quantitative estimate of drug-likeness (QED) is 0.615. The van der Waals surface area contributed by atoms with Gasteiger partial charge in [0, 0.05) is 17.3 Å². The average molecular weight is 455 g/mol. The van der Waals surface area contributed by atoms with E-state index in [0.29, 0.717) is 16.9 Å². The predicted molar refractivity (Wildman–Crippen MR) is 124 cm³/mol. The van der Waals surface area contributed by atoms with Crippen LogP contribution in [0.15, 0.2) is 78.9 Å². The van der Waals surface area contributed by atoms with E-state index in [4.69, 9.17) is 0 Å². The van der Waals surface area contributed by atoms with Crippen LogP contribution in [0, 0.1) is 17.7 Å². The molecular weight excluding hydrogens is 433 g/mol. The summed E-state index contributed by atoms with van der Waals surface area (Å²) >= 11 is 0. The van der Waals surface area contributed by atoms with Crippen LogP contribution >= 0.6 is 0 Å². The summed E-state index contributed by atoms with van der Waals surface area (Å²) in [5.74, 6) is -2.80. The fraction of sp³-hybridized carbons (Fsp3) is 0.222. The van der Waals surface area contributed by atoms with E-state index in [9.17, 15) is 18.8 Å². The first-order chi connectivity index (χ1) is 16.4. The maximum Gasteiger partial charge on any atom is 0.253 e. The van der Waals surface area contributed by atoms with Gasteiger partial charge in [0.1, 0.15) is 11.4 Å². The van der Waals surface area contributed by atoms with Crippen LogP contribution in [-0.4, -0.2) is 23.8 Å². The number of hydrogen-bond acceptors (Lipinski definition) is 4. The van der Waals surface area contributed by atoms with Crippen molar-refractivity contribution in [2.75, 3.05) is 9.80 Å². The number of benzene rings is 3. The third-order valence-electron chi connectivity index (χ3n) is 7.28. The molecule has 34 heavy (non-hydrogen) atoms. The molecule has 6 rings (SSSR count). The molecule has 170 valence electrons. The first kappa shape index (κ1) is 20.7. The Hall–Kier alpha value is -3.84. The molecule has 4 atom stereocenters. The van der Waals surface area contributed by atoms with Gasteiger partial charge in [-0.2, -0.15) is 0 Å². The maximum absolute atomic E-state index is 14.1. The van der Waals surface area contributed by atoms with Gasteiger partial charge in [-0.15, -0.1) is 0 Å². The zero-order valence-corrected chi connectivity index (χ0v) is 18.4. The van der Waals surface area contributed by atoms with Gasteiger partial charge in [0.25, 0.3) is 5.91 Å². The highest BCUT2D eigenvalue weighted by molar-refractivity contribution is 6.26. The highest BCUT2D eigenvalue weighted by Gasteiger charge is 2.71. The monoisotopic (exact) mass is 455 g/mol. The Labute approximate surface area is 196 Å². The third kappa shape index (κ3) is 2.67. The van der Waals surface area contributed by atoms with Gasteiger partial charge < -0.3 is 4.90 Å². The van der Waals surface area contributed by atoms with Crippen molar-refractivity contribution in [2.45, 2.75) is 25.0 Å². The standard InChI is InChI=1S/C27H22FN3O3/c1-16-22-23(25(33)31(24(22)32)19-7-3-2-4-8-19)27(29-16)20-9-5-6-10-21(20)30(26(27)34)15-17-11-13-18(28)14-12-17/h2-14,16,22-23,29H,15H2,1H3/t16-,22+,23+,27+/m1/s1. The Bertz CT molecular complexity index is 1330. The summed E-state index contributed by atoms with van der Waals surface area (Å²) in [6.07, 6.45) is 0. The molecule has 1 N–H and O–H groups in total. The number of carbonyl (C=O) groups is 3. The molecule has 0 saturated carbocycles.